The first kappa shape index (κ1) is 14.6. The molecule has 3 amide bonds. The summed E-state index contributed by atoms with van der Waals surface area (Å²) >= 11 is 0. The van der Waals surface area contributed by atoms with Crippen molar-refractivity contribution in [3.05, 3.63) is 46.9 Å². The quantitative estimate of drug-likeness (QED) is 0.929. The van der Waals surface area contributed by atoms with Gasteiger partial charge in [0.25, 0.3) is 5.91 Å². The standard InChI is InChI=1S/C16H18FN3O2/c1-3-8-20-9-12-13(15(20)21)14(18-16(22)19(12)2)10-6-4-5-7-11(10)17/h4-7,14H,3,8-9H2,1-2H3,(H,18,22)/t14-/m0/s1. The molecule has 0 saturated heterocycles. The zero-order chi connectivity index (χ0) is 15.9. The van der Waals surface area contributed by atoms with E-state index in [1.807, 2.05) is 6.92 Å². The van der Waals surface area contributed by atoms with E-state index in [4.69, 9.17) is 0 Å². The van der Waals surface area contributed by atoms with Crippen LogP contribution < -0.4 is 5.32 Å². The Kier molecular flexibility index (Phi) is 3.60. The van der Waals surface area contributed by atoms with E-state index in [1.54, 1.807) is 30.1 Å². The van der Waals surface area contributed by atoms with Crippen LogP contribution in [-0.4, -0.2) is 41.9 Å². The Morgan fingerprint density at radius 2 is 2.05 bits per heavy atom. The van der Waals surface area contributed by atoms with Crippen molar-refractivity contribution in [2.45, 2.75) is 19.4 Å². The van der Waals surface area contributed by atoms with E-state index in [1.165, 1.54) is 11.0 Å². The number of nitrogens with one attached hydrogen (secondary N) is 1. The molecule has 22 heavy (non-hydrogen) atoms. The molecular weight excluding hydrogens is 285 g/mol. The Labute approximate surface area is 128 Å². The SMILES string of the molecule is CCCN1CC2=C(C1=O)[C@H](c1ccccc1F)NC(=O)N2C. The number of carbonyl (C=O) groups is 2. The molecule has 0 unspecified atom stereocenters. The van der Waals surface area contributed by atoms with E-state index in [0.717, 1.165) is 6.42 Å². The number of carbonyl (C=O) groups excluding carboxylic acids is 2. The first-order chi connectivity index (χ1) is 10.5. The molecule has 1 aromatic rings. The van der Waals surface area contributed by atoms with E-state index in [2.05, 4.69) is 5.32 Å². The van der Waals surface area contributed by atoms with Crippen molar-refractivity contribution in [1.82, 2.24) is 15.1 Å². The maximum absolute atomic E-state index is 14.1. The number of hydrogen-bond donors (Lipinski definition) is 1. The van der Waals surface area contributed by atoms with Gasteiger partial charge >= 0.3 is 6.03 Å². The molecule has 0 saturated carbocycles. The Bertz CT molecular complexity index is 671. The van der Waals surface area contributed by atoms with Crippen LogP contribution in [0.4, 0.5) is 9.18 Å². The number of amides is 3. The predicted molar refractivity (Wildman–Crippen MR) is 79.3 cm³/mol. The highest BCUT2D eigenvalue weighted by Gasteiger charge is 2.43. The number of urea groups is 1. The van der Waals surface area contributed by atoms with Crippen LogP contribution in [0.5, 0.6) is 0 Å². The third-order valence-electron chi connectivity index (χ3n) is 4.14. The summed E-state index contributed by atoms with van der Waals surface area (Å²) in [4.78, 5) is 27.9. The molecule has 1 atom stereocenters. The minimum atomic E-state index is -0.728. The normalized spacial score (nSPS) is 21.3. The van der Waals surface area contributed by atoms with E-state index in [-0.39, 0.29) is 11.9 Å². The number of halogens is 1. The predicted octanol–water partition coefficient (Wildman–Crippen LogP) is 2.03. The summed E-state index contributed by atoms with van der Waals surface area (Å²) in [5.41, 5.74) is 1.46. The molecule has 0 bridgehead atoms. The fourth-order valence-electron chi connectivity index (χ4n) is 3.02. The summed E-state index contributed by atoms with van der Waals surface area (Å²) in [5.74, 6) is -0.553. The van der Waals surface area contributed by atoms with Crippen LogP contribution in [0.15, 0.2) is 35.5 Å². The number of benzene rings is 1. The van der Waals surface area contributed by atoms with Gasteiger partial charge in [-0.1, -0.05) is 25.1 Å². The second kappa shape index (κ2) is 5.44. The van der Waals surface area contributed by atoms with Crippen LogP contribution in [0.1, 0.15) is 24.9 Å². The molecule has 1 N–H and O–H groups in total. The number of rotatable bonds is 3. The molecule has 2 aliphatic heterocycles. The molecule has 6 heteroatoms. The third-order valence-corrected chi connectivity index (χ3v) is 4.14. The van der Waals surface area contributed by atoms with Gasteiger partial charge in [-0.2, -0.15) is 0 Å². The summed E-state index contributed by atoms with van der Waals surface area (Å²) in [7, 11) is 1.63. The van der Waals surface area contributed by atoms with Gasteiger partial charge < -0.3 is 10.2 Å². The minimum Gasteiger partial charge on any atom is -0.333 e. The van der Waals surface area contributed by atoms with Crippen molar-refractivity contribution < 1.29 is 14.0 Å². The average molecular weight is 303 g/mol. The smallest absolute Gasteiger partial charge is 0.322 e. The Balaban J connectivity index is 2.06. The summed E-state index contributed by atoms with van der Waals surface area (Å²) in [6.45, 7) is 3.01. The largest absolute Gasteiger partial charge is 0.333 e. The topological polar surface area (TPSA) is 52.7 Å². The first-order valence-corrected chi connectivity index (χ1v) is 7.35. The maximum atomic E-state index is 14.1. The van der Waals surface area contributed by atoms with Crippen molar-refractivity contribution in [3.63, 3.8) is 0 Å². The van der Waals surface area contributed by atoms with Gasteiger partial charge in [0.1, 0.15) is 5.82 Å². The van der Waals surface area contributed by atoms with E-state index >= 15 is 0 Å². The van der Waals surface area contributed by atoms with Crippen molar-refractivity contribution in [1.29, 1.82) is 0 Å². The Morgan fingerprint density at radius 1 is 1.32 bits per heavy atom. The fraction of sp³-hybridized carbons (Fsp3) is 0.375. The second-order valence-electron chi connectivity index (χ2n) is 5.55. The van der Waals surface area contributed by atoms with Crippen molar-refractivity contribution in [2.24, 2.45) is 0 Å². The lowest BCUT2D eigenvalue weighted by atomic mass is 9.95. The lowest BCUT2D eigenvalue weighted by molar-refractivity contribution is -0.125. The second-order valence-corrected chi connectivity index (χ2v) is 5.55. The highest BCUT2D eigenvalue weighted by Crippen LogP contribution is 2.36. The number of likely N-dealkylation sites (N-methyl/N-ethyl adjacent to an activating group) is 1. The summed E-state index contributed by atoms with van der Waals surface area (Å²) in [6, 6.07) is 5.18. The first-order valence-electron chi connectivity index (χ1n) is 7.35. The zero-order valence-electron chi connectivity index (χ0n) is 12.6. The van der Waals surface area contributed by atoms with Gasteiger partial charge in [-0.25, -0.2) is 9.18 Å². The van der Waals surface area contributed by atoms with Crippen LogP contribution in [0, 0.1) is 5.82 Å². The molecule has 0 fully saturated rings. The van der Waals surface area contributed by atoms with Crippen molar-refractivity contribution >= 4 is 11.9 Å². The number of hydrogen-bond acceptors (Lipinski definition) is 2. The number of nitrogens with zero attached hydrogens (tertiary/aromatic N) is 2. The Hall–Kier alpha value is -2.37. The maximum Gasteiger partial charge on any atom is 0.322 e. The van der Waals surface area contributed by atoms with Gasteiger partial charge in [-0.3, -0.25) is 9.69 Å². The van der Waals surface area contributed by atoms with E-state index in [0.29, 0.717) is 29.9 Å². The molecule has 0 spiro atoms. The van der Waals surface area contributed by atoms with Crippen molar-refractivity contribution in [3.8, 4) is 0 Å². The average Bonchev–Trinajstić information content (AvgIpc) is 2.82. The molecule has 3 rings (SSSR count). The molecule has 2 heterocycles. The molecule has 0 radical (unpaired) electrons. The highest BCUT2D eigenvalue weighted by atomic mass is 19.1. The van der Waals surface area contributed by atoms with Crippen LogP contribution in [-0.2, 0) is 4.79 Å². The monoisotopic (exact) mass is 303 g/mol. The molecule has 5 nitrogen and oxygen atoms in total. The van der Waals surface area contributed by atoms with Gasteiger partial charge in [0.2, 0.25) is 0 Å². The van der Waals surface area contributed by atoms with Gasteiger partial charge in [0.15, 0.2) is 0 Å². The Morgan fingerprint density at radius 3 is 2.73 bits per heavy atom. The van der Waals surface area contributed by atoms with E-state index in [9.17, 15) is 14.0 Å². The van der Waals surface area contributed by atoms with Crippen LogP contribution in [0.2, 0.25) is 0 Å². The van der Waals surface area contributed by atoms with Gasteiger partial charge in [-0.15, -0.1) is 0 Å². The molecule has 0 aliphatic carbocycles. The summed E-state index contributed by atoms with van der Waals surface area (Å²) in [6.07, 6.45) is 0.835. The molecule has 2 aliphatic rings. The van der Waals surface area contributed by atoms with Crippen LogP contribution in [0.25, 0.3) is 0 Å². The van der Waals surface area contributed by atoms with Gasteiger partial charge in [0, 0.05) is 19.2 Å². The van der Waals surface area contributed by atoms with E-state index < -0.39 is 11.9 Å². The molecule has 116 valence electrons. The minimum absolute atomic E-state index is 0.128. The van der Waals surface area contributed by atoms with Crippen LogP contribution in [0.3, 0.4) is 0 Å². The molecule has 1 aromatic carbocycles. The van der Waals surface area contributed by atoms with Gasteiger partial charge in [-0.05, 0) is 12.5 Å². The highest BCUT2D eigenvalue weighted by molar-refractivity contribution is 6.01. The molecular formula is C16H18FN3O2. The molecule has 0 aromatic heterocycles. The zero-order valence-corrected chi connectivity index (χ0v) is 12.6. The van der Waals surface area contributed by atoms with Gasteiger partial charge in [0.05, 0.1) is 23.9 Å². The third kappa shape index (κ3) is 2.15. The summed E-state index contributed by atoms with van der Waals surface area (Å²) in [5, 5.41) is 2.73. The lowest BCUT2D eigenvalue weighted by Crippen LogP contribution is -2.45. The van der Waals surface area contributed by atoms with Crippen molar-refractivity contribution in [2.75, 3.05) is 20.1 Å². The lowest BCUT2D eigenvalue weighted by Gasteiger charge is -2.31. The van der Waals surface area contributed by atoms with Crippen LogP contribution >= 0.6 is 0 Å². The summed E-state index contributed by atoms with van der Waals surface area (Å²) < 4.78 is 14.1. The fourth-order valence-corrected chi connectivity index (χ4v) is 3.02.